The topological polar surface area (TPSA) is 43.6 Å². The summed E-state index contributed by atoms with van der Waals surface area (Å²) in [5.74, 6) is 0.389. The number of rotatable bonds is 4. The first-order valence-corrected chi connectivity index (χ1v) is 6.25. The molecule has 0 saturated heterocycles. The van der Waals surface area contributed by atoms with E-state index in [1.54, 1.807) is 18.0 Å². The van der Waals surface area contributed by atoms with E-state index in [4.69, 9.17) is 0 Å². The van der Waals surface area contributed by atoms with Crippen molar-refractivity contribution < 1.29 is 4.98 Å². The van der Waals surface area contributed by atoms with E-state index >= 15 is 0 Å². The van der Waals surface area contributed by atoms with Crippen molar-refractivity contribution >= 4 is 17.6 Å². The first kappa shape index (κ1) is 11.8. The van der Waals surface area contributed by atoms with Crippen LogP contribution < -0.4 is 4.98 Å². The molecule has 3 nitrogen and oxygen atoms in total. The highest BCUT2D eigenvalue weighted by atomic mass is 32.2. The monoisotopic (exact) mass is 245 g/mol. The van der Waals surface area contributed by atoms with Crippen LogP contribution in [0.3, 0.4) is 0 Å². The van der Waals surface area contributed by atoms with Gasteiger partial charge in [0, 0.05) is 5.25 Å². The Bertz CT molecular complexity index is 502. The molecule has 1 aromatic heterocycles. The van der Waals surface area contributed by atoms with Crippen molar-refractivity contribution in [1.29, 1.82) is 0 Å². The second-order valence-corrected chi connectivity index (χ2v) is 5.03. The lowest BCUT2D eigenvalue weighted by molar-refractivity contribution is -0.365. The summed E-state index contributed by atoms with van der Waals surface area (Å²) in [5.41, 5.74) is 1.23. The normalized spacial score (nSPS) is 12.1. The van der Waals surface area contributed by atoms with Crippen LogP contribution >= 0.6 is 11.8 Å². The molecule has 0 radical (unpaired) electrons. The zero-order valence-electron chi connectivity index (χ0n) is 9.46. The van der Waals surface area contributed by atoms with E-state index in [2.05, 4.69) is 29.2 Å². The van der Waals surface area contributed by atoms with Gasteiger partial charge in [-0.3, -0.25) is 0 Å². The van der Waals surface area contributed by atoms with Crippen molar-refractivity contribution in [3.8, 4) is 0 Å². The molecule has 0 saturated carbocycles. The standard InChI is InChI=1S/C13H12N2OS/c1-10(11-6-3-2-4-7-11)17-12-8-5-9-14-13(12)15-16/h2-10H,1H3/p+1. The van der Waals surface area contributed by atoms with Crippen molar-refractivity contribution in [2.24, 2.45) is 5.18 Å². The number of aromatic amines is 1. The van der Waals surface area contributed by atoms with Gasteiger partial charge in [-0.1, -0.05) is 30.3 Å². The zero-order valence-corrected chi connectivity index (χ0v) is 10.3. The lowest BCUT2D eigenvalue weighted by Crippen LogP contribution is -2.01. The number of benzene rings is 1. The minimum Gasteiger partial charge on any atom is -0.240 e. The molecule has 0 fully saturated rings. The van der Waals surface area contributed by atoms with E-state index < -0.39 is 0 Å². The van der Waals surface area contributed by atoms with Crippen LogP contribution in [-0.4, -0.2) is 0 Å². The number of nitrogens with zero attached hydrogens (tertiary/aromatic N) is 1. The van der Waals surface area contributed by atoms with E-state index in [0.717, 1.165) is 4.90 Å². The Labute approximate surface area is 104 Å². The van der Waals surface area contributed by atoms with Gasteiger partial charge in [-0.25, -0.2) is 4.98 Å². The lowest BCUT2D eigenvalue weighted by Gasteiger charge is -2.09. The Kier molecular flexibility index (Phi) is 3.88. The van der Waals surface area contributed by atoms with Gasteiger partial charge in [0.15, 0.2) is 0 Å². The van der Waals surface area contributed by atoms with E-state index in [-0.39, 0.29) is 5.25 Å². The van der Waals surface area contributed by atoms with Crippen molar-refractivity contribution in [2.75, 3.05) is 0 Å². The molecular weight excluding hydrogens is 232 g/mol. The fraction of sp³-hybridized carbons (Fsp3) is 0.154. The molecule has 4 heteroatoms. The Morgan fingerprint density at radius 1 is 1.18 bits per heavy atom. The minimum absolute atomic E-state index is 0.285. The zero-order chi connectivity index (χ0) is 12.1. The third-order valence-corrected chi connectivity index (χ3v) is 3.67. The van der Waals surface area contributed by atoms with Gasteiger partial charge >= 0.3 is 5.82 Å². The molecule has 1 heterocycles. The summed E-state index contributed by atoms with van der Waals surface area (Å²) < 4.78 is 0. The fourth-order valence-electron chi connectivity index (χ4n) is 1.56. The Morgan fingerprint density at radius 3 is 2.65 bits per heavy atom. The fourth-order valence-corrected chi connectivity index (χ4v) is 2.60. The maximum absolute atomic E-state index is 10.7. The number of pyridine rings is 1. The molecule has 1 aromatic carbocycles. The molecule has 0 aliphatic rings. The van der Waals surface area contributed by atoms with Crippen LogP contribution in [0.25, 0.3) is 0 Å². The number of nitrogens with one attached hydrogen (secondary N) is 1. The third-order valence-electron chi connectivity index (χ3n) is 2.46. The Morgan fingerprint density at radius 2 is 1.94 bits per heavy atom. The van der Waals surface area contributed by atoms with E-state index in [1.165, 1.54) is 5.56 Å². The highest BCUT2D eigenvalue weighted by molar-refractivity contribution is 7.99. The van der Waals surface area contributed by atoms with Crippen molar-refractivity contribution in [1.82, 2.24) is 0 Å². The van der Waals surface area contributed by atoms with Crippen molar-refractivity contribution in [3.05, 3.63) is 59.1 Å². The third kappa shape index (κ3) is 2.91. The summed E-state index contributed by atoms with van der Waals surface area (Å²) in [7, 11) is 0. The van der Waals surface area contributed by atoms with Gasteiger partial charge < -0.3 is 0 Å². The van der Waals surface area contributed by atoms with Gasteiger partial charge in [-0.15, -0.1) is 11.8 Å². The van der Waals surface area contributed by atoms with Crippen LogP contribution in [0, 0.1) is 4.91 Å². The number of H-pyrrole nitrogens is 1. The van der Waals surface area contributed by atoms with Gasteiger partial charge in [-0.2, -0.15) is 0 Å². The SMILES string of the molecule is CC(Sc1ccc[nH+]c1N=O)c1ccccc1. The molecule has 0 aliphatic heterocycles. The number of aromatic nitrogens is 1. The molecule has 0 amide bonds. The summed E-state index contributed by atoms with van der Waals surface area (Å²) in [6.45, 7) is 2.11. The van der Waals surface area contributed by atoms with Gasteiger partial charge in [-0.05, 0) is 29.5 Å². The summed E-state index contributed by atoms with van der Waals surface area (Å²) in [6.07, 6.45) is 1.70. The molecule has 1 atom stereocenters. The maximum Gasteiger partial charge on any atom is 0.386 e. The van der Waals surface area contributed by atoms with Gasteiger partial charge in [0.2, 0.25) is 5.18 Å². The number of thioether (sulfide) groups is 1. The summed E-state index contributed by atoms with van der Waals surface area (Å²) in [6, 6.07) is 14.0. The first-order chi connectivity index (χ1) is 8.31. The molecule has 86 valence electrons. The predicted molar refractivity (Wildman–Crippen MR) is 69.2 cm³/mol. The van der Waals surface area contributed by atoms with Crippen LogP contribution in [0.15, 0.2) is 58.7 Å². The van der Waals surface area contributed by atoms with Crippen LogP contribution in [0.5, 0.6) is 0 Å². The van der Waals surface area contributed by atoms with Crippen LogP contribution in [0.2, 0.25) is 0 Å². The van der Waals surface area contributed by atoms with E-state index in [1.807, 2.05) is 30.3 Å². The predicted octanol–water partition coefficient (Wildman–Crippen LogP) is 3.75. The van der Waals surface area contributed by atoms with Gasteiger partial charge in [0.25, 0.3) is 0 Å². The van der Waals surface area contributed by atoms with Crippen LogP contribution in [0.4, 0.5) is 5.82 Å². The Balaban J connectivity index is 2.18. The molecular formula is C13H13N2OS+. The number of nitroso groups, excluding NO2 is 1. The average Bonchev–Trinajstić information content (AvgIpc) is 2.40. The van der Waals surface area contributed by atoms with E-state index in [9.17, 15) is 4.91 Å². The second-order valence-electron chi connectivity index (χ2n) is 3.65. The molecule has 2 aromatic rings. The first-order valence-electron chi connectivity index (χ1n) is 5.37. The summed E-state index contributed by atoms with van der Waals surface area (Å²) >= 11 is 1.62. The van der Waals surface area contributed by atoms with E-state index in [0.29, 0.717) is 5.82 Å². The lowest BCUT2D eigenvalue weighted by atomic mass is 10.2. The summed E-state index contributed by atoms with van der Waals surface area (Å²) in [5, 5.41) is 3.28. The van der Waals surface area contributed by atoms with Crippen molar-refractivity contribution in [3.63, 3.8) is 0 Å². The molecule has 1 unspecified atom stereocenters. The molecule has 0 spiro atoms. The molecule has 0 aliphatic carbocycles. The molecule has 17 heavy (non-hydrogen) atoms. The van der Waals surface area contributed by atoms with Crippen LogP contribution in [0.1, 0.15) is 17.7 Å². The maximum atomic E-state index is 10.7. The highest BCUT2D eigenvalue weighted by Crippen LogP contribution is 2.37. The molecule has 2 rings (SSSR count). The highest BCUT2D eigenvalue weighted by Gasteiger charge is 2.15. The Hall–Kier alpha value is -1.68. The largest absolute Gasteiger partial charge is 0.386 e. The molecule has 1 N–H and O–H groups in total. The van der Waals surface area contributed by atoms with Crippen molar-refractivity contribution in [2.45, 2.75) is 17.1 Å². The number of hydrogen-bond acceptors (Lipinski definition) is 3. The van der Waals surface area contributed by atoms with Crippen LogP contribution in [-0.2, 0) is 0 Å². The number of hydrogen-bond donors (Lipinski definition) is 0. The minimum atomic E-state index is 0.285. The van der Waals surface area contributed by atoms with Gasteiger partial charge in [0.1, 0.15) is 4.90 Å². The second kappa shape index (κ2) is 5.59. The quantitative estimate of drug-likeness (QED) is 0.608. The smallest absolute Gasteiger partial charge is 0.240 e. The van der Waals surface area contributed by atoms with Gasteiger partial charge in [0.05, 0.1) is 6.20 Å². The average molecular weight is 245 g/mol. The molecule has 0 bridgehead atoms. The summed E-state index contributed by atoms with van der Waals surface area (Å²) in [4.78, 5) is 14.4.